The van der Waals surface area contributed by atoms with Crippen LogP contribution in [0.3, 0.4) is 0 Å². The van der Waals surface area contributed by atoms with Crippen molar-refractivity contribution in [1.29, 1.82) is 0 Å². The third kappa shape index (κ3) is 14.7. The van der Waals surface area contributed by atoms with Crippen LogP contribution in [0.15, 0.2) is 0 Å². The molecule has 0 aromatic rings. The number of ether oxygens (including phenoxy) is 11. The predicted molar refractivity (Wildman–Crippen MR) is 238 cm³/mol. The van der Waals surface area contributed by atoms with Crippen LogP contribution in [0.2, 0.25) is 0 Å². The molecule has 21 atom stereocenters. The zero-order valence-corrected chi connectivity index (χ0v) is 41.4. The van der Waals surface area contributed by atoms with Crippen molar-refractivity contribution >= 4 is 17.9 Å². The molecule has 0 amide bonds. The number of aliphatic hydroxyl groups excluding tert-OH is 6. The van der Waals surface area contributed by atoms with Gasteiger partial charge in [-0.25, -0.2) is 0 Å². The van der Waals surface area contributed by atoms with Crippen LogP contribution in [0, 0.1) is 11.8 Å². The maximum atomic E-state index is 13.6. The average Bonchev–Trinajstić information content (AvgIpc) is 3.28. The zero-order valence-electron chi connectivity index (χ0n) is 41.4. The van der Waals surface area contributed by atoms with E-state index >= 15 is 0 Å². The third-order valence-corrected chi connectivity index (χ3v) is 13.5. The van der Waals surface area contributed by atoms with E-state index in [1.165, 1.54) is 13.8 Å². The molecular formula is C48H82O20. The Labute approximate surface area is 400 Å². The second-order valence-corrected chi connectivity index (χ2v) is 19.9. The maximum Gasteiger partial charge on any atom is 0.308 e. The van der Waals surface area contributed by atoms with Crippen molar-refractivity contribution in [2.45, 2.75) is 275 Å². The van der Waals surface area contributed by atoms with E-state index in [0.717, 1.165) is 70.6 Å². The highest BCUT2D eigenvalue weighted by molar-refractivity contribution is 5.72. The fourth-order valence-corrected chi connectivity index (χ4v) is 9.26. The summed E-state index contributed by atoms with van der Waals surface area (Å²) in [6, 6.07) is 0. The fourth-order valence-electron chi connectivity index (χ4n) is 9.26. The summed E-state index contributed by atoms with van der Waals surface area (Å²) in [6.07, 6.45) is -17.5. The second-order valence-electron chi connectivity index (χ2n) is 19.9. The highest BCUT2D eigenvalue weighted by atomic mass is 16.8. The minimum absolute atomic E-state index is 0.0277. The molecule has 0 aromatic heterocycles. The zero-order chi connectivity index (χ0) is 50.0. The van der Waals surface area contributed by atoms with Crippen molar-refractivity contribution in [2.24, 2.45) is 11.8 Å². The van der Waals surface area contributed by atoms with E-state index in [1.807, 2.05) is 0 Å². The number of esters is 3. The first-order chi connectivity index (χ1) is 32.2. The summed E-state index contributed by atoms with van der Waals surface area (Å²) in [5.41, 5.74) is 0. The van der Waals surface area contributed by atoms with Gasteiger partial charge >= 0.3 is 17.9 Å². The SMILES string of the molecule is CCCCC[C@@H]1CCCCCCCCCC(=O)O[C@H]2[C@@H](O)[C@H](O[C@@H]3[C@@H](O)[C@@H](O)[C@H](O1)O[C@H]3C)O[C@@H](C)[C@@H]2O[C@@H]1O[C@@H](C)[C@H](O[C@@H]2O[C@@H](C)[C@H](OC(=O)C(C)C)[C@@H](O)[C@H]2O)[C@@H](O)[C@H]1OC(=O)C(C)C. The molecule has 6 aliphatic rings. The quantitative estimate of drug-likeness (QED) is 0.0932. The summed E-state index contributed by atoms with van der Waals surface area (Å²) in [5, 5.41) is 68.8. The first-order valence-electron chi connectivity index (χ1n) is 25.2. The molecule has 20 heteroatoms. The molecule has 0 spiro atoms. The van der Waals surface area contributed by atoms with Crippen LogP contribution >= 0.6 is 0 Å². The molecule has 0 unspecified atom stereocenters. The molecule has 6 fully saturated rings. The molecule has 68 heavy (non-hydrogen) atoms. The number of rotatable bonds is 12. The molecule has 6 aliphatic heterocycles. The van der Waals surface area contributed by atoms with Gasteiger partial charge < -0.3 is 82.7 Å². The van der Waals surface area contributed by atoms with Crippen molar-refractivity contribution in [3.8, 4) is 0 Å². The Morgan fingerprint density at radius 2 is 1.09 bits per heavy atom. The summed E-state index contributed by atoms with van der Waals surface area (Å²) in [6.45, 7) is 14.8. The Kier molecular flexibility index (Phi) is 22.1. The predicted octanol–water partition coefficient (Wildman–Crippen LogP) is 2.82. The summed E-state index contributed by atoms with van der Waals surface area (Å²) >= 11 is 0. The molecule has 0 aromatic carbocycles. The van der Waals surface area contributed by atoms with Gasteiger partial charge in [0.15, 0.2) is 43.5 Å². The van der Waals surface area contributed by atoms with E-state index in [4.69, 9.17) is 52.1 Å². The second kappa shape index (κ2) is 26.5. The number of hydrogen-bond donors (Lipinski definition) is 6. The first-order valence-corrected chi connectivity index (χ1v) is 25.2. The lowest BCUT2D eigenvalue weighted by molar-refractivity contribution is -0.383. The van der Waals surface area contributed by atoms with Crippen LogP contribution in [0.4, 0.5) is 0 Å². The van der Waals surface area contributed by atoms with Crippen LogP contribution in [0.5, 0.6) is 0 Å². The minimum atomic E-state index is -1.76. The Morgan fingerprint density at radius 1 is 0.544 bits per heavy atom. The Bertz CT molecular complexity index is 1550. The largest absolute Gasteiger partial charge is 0.457 e. The summed E-state index contributed by atoms with van der Waals surface area (Å²) < 4.78 is 66.6. The summed E-state index contributed by atoms with van der Waals surface area (Å²) in [5.74, 6) is -3.20. The molecule has 0 aliphatic carbocycles. The molecule has 20 nitrogen and oxygen atoms in total. The lowest BCUT2D eigenvalue weighted by Gasteiger charge is -2.49. The van der Waals surface area contributed by atoms with Crippen molar-refractivity contribution in [3.63, 3.8) is 0 Å². The van der Waals surface area contributed by atoms with E-state index in [1.54, 1.807) is 41.5 Å². The van der Waals surface area contributed by atoms with Crippen molar-refractivity contribution in [2.75, 3.05) is 0 Å². The van der Waals surface area contributed by atoms with Gasteiger partial charge in [0.05, 0.1) is 42.4 Å². The van der Waals surface area contributed by atoms with E-state index in [0.29, 0.717) is 6.42 Å². The topological polar surface area (TPSA) is 274 Å². The smallest absolute Gasteiger partial charge is 0.308 e. The average molecular weight is 979 g/mol. The van der Waals surface area contributed by atoms with Crippen LogP contribution in [0.1, 0.15) is 146 Å². The molecule has 6 N–H and O–H groups in total. The lowest BCUT2D eigenvalue weighted by Crippen LogP contribution is -2.67. The third-order valence-electron chi connectivity index (χ3n) is 13.5. The Hall–Kier alpha value is -2.15. The lowest BCUT2D eigenvalue weighted by atomic mass is 9.95. The molecule has 4 bridgehead atoms. The number of carbonyl (C=O) groups excluding carboxylic acids is 3. The van der Waals surface area contributed by atoms with Gasteiger partial charge in [-0.1, -0.05) is 92.4 Å². The minimum Gasteiger partial charge on any atom is -0.457 e. The van der Waals surface area contributed by atoms with E-state index in [9.17, 15) is 45.0 Å². The molecule has 6 rings (SSSR count). The van der Waals surface area contributed by atoms with Gasteiger partial charge in [-0.15, -0.1) is 0 Å². The van der Waals surface area contributed by atoms with E-state index < -0.39 is 153 Å². The summed E-state index contributed by atoms with van der Waals surface area (Å²) in [7, 11) is 0. The van der Waals surface area contributed by atoms with Gasteiger partial charge in [0.1, 0.15) is 54.9 Å². The van der Waals surface area contributed by atoms with Gasteiger partial charge in [0.2, 0.25) is 0 Å². The number of fused-ring (bicyclic) bond motifs is 14. The van der Waals surface area contributed by atoms with Crippen LogP contribution in [0.25, 0.3) is 0 Å². The van der Waals surface area contributed by atoms with E-state index in [2.05, 4.69) is 6.92 Å². The van der Waals surface area contributed by atoms with Crippen molar-refractivity contribution in [1.82, 2.24) is 0 Å². The van der Waals surface area contributed by atoms with Gasteiger partial charge in [-0.2, -0.15) is 0 Å². The Balaban J connectivity index is 1.37. The van der Waals surface area contributed by atoms with Crippen molar-refractivity contribution in [3.05, 3.63) is 0 Å². The molecular weight excluding hydrogens is 897 g/mol. The maximum absolute atomic E-state index is 13.6. The van der Waals surface area contributed by atoms with Gasteiger partial charge in [-0.05, 0) is 47.0 Å². The monoisotopic (exact) mass is 979 g/mol. The molecule has 6 heterocycles. The van der Waals surface area contributed by atoms with Crippen LogP contribution < -0.4 is 0 Å². The first kappa shape index (κ1) is 56.8. The molecule has 394 valence electrons. The number of aliphatic hydroxyl groups is 6. The van der Waals surface area contributed by atoms with E-state index in [-0.39, 0.29) is 12.5 Å². The molecule has 0 saturated carbocycles. The fraction of sp³-hybridized carbons (Fsp3) is 0.938. The molecule has 0 radical (unpaired) electrons. The summed E-state index contributed by atoms with van der Waals surface area (Å²) in [4.78, 5) is 39.1. The van der Waals surface area contributed by atoms with Gasteiger partial charge in [0.25, 0.3) is 0 Å². The Morgan fingerprint density at radius 3 is 1.74 bits per heavy atom. The van der Waals surface area contributed by atoms with Crippen LogP contribution in [-0.2, 0) is 66.5 Å². The molecule has 6 saturated heterocycles. The number of carbonyl (C=O) groups is 3. The normalized spacial score (nSPS) is 42.8. The highest BCUT2D eigenvalue weighted by Crippen LogP contribution is 2.37. The van der Waals surface area contributed by atoms with Gasteiger partial charge in [0, 0.05) is 6.42 Å². The van der Waals surface area contributed by atoms with Gasteiger partial charge in [-0.3, -0.25) is 14.4 Å². The standard InChI is InChI=1S/C48H82O20/c1-10-11-17-20-29-21-18-15-13-12-14-16-19-22-30(49)63-41-36(55)47(66-38-26(7)58-45(62-29)33(52)32(38)51)60-28(9)40(41)68-48-42(65-44(57)24(4)5)35(54)39(27(8)61-48)67-46-34(53)31(50)37(25(6)59-46)64-43(56)23(2)3/h23-29,31-42,45-48,50-55H,10-22H2,1-9H3/t25-,26-,27-,28-,29+,31-,32-,33+,34+,35+,36+,37-,38-,39-,40-,41-,42+,45-,46-,47-,48-/m0/s1. The number of hydrogen-bond acceptors (Lipinski definition) is 20. The van der Waals surface area contributed by atoms with Crippen LogP contribution in [-0.4, -0.2) is 177 Å². The highest BCUT2D eigenvalue weighted by Gasteiger charge is 2.56. The number of unbranched alkanes of at least 4 members (excludes halogenated alkanes) is 2. The van der Waals surface area contributed by atoms with Crippen molar-refractivity contribution < 1.29 is 97.1 Å².